The largest absolute Gasteiger partial charge is 0.335 e. The van der Waals surface area contributed by atoms with Crippen LogP contribution in [0.3, 0.4) is 0 Å². The van der Waals surface area contributed by atoms with Gasteiger partial charge in [-0.3, -0.25) is 9.59 Å². The van der Waals surface area contributed by atoms with Gasteiger partial charge in [0.2, 0.25) is 0 Å². The monoisotopic (exact) mass is 315 g/mol. The molecule has 0 spiro atoms. The first kappa shape index (κ1) is 13.7. The van der Waals surface area contributed by atoms with E-state index in [2.05, 4.69) is 21.2 Å². The van der Waals surface area contributed by atoms with Crippen molar-refractivity contribution in [3.05, 3.63) is 20.8 Å². The Labute approximate surface area is 111 Å². The summed E-state index contributed by atoms with van der Waals surface area (Å²) in [5, 5.41) is 12.4. The standard InChI is InChI=1S/C10H10BrN3O2S/c1-14(5-7-4-8(11)17-6-7)10(16)9(15)13-3-2-12/h4,6H,3,5H2,1H3,(H,13,15). The molecule has 1 N–H and O–H groups in total. The molecule has 90 valence electrons. The summed E-state index contributed by atoms with van der Waals surface area (Å²) < 4.78 is 0.974. The van der Waals surface area contributed by atoms with Gasteiger partial charge in [0.25, 0.3) is 0 Å². The average Bonchev–Trinajstić information content (AvgIpc) is 2.70. The lowest BCUT2D eigenvalue weighted by atomic mass is 10.3. The SMILES string of the molecule is CN(Cc1csc(Br)c1)C(=O)C(=O)NCC#N. The van der Waals surface area contributed by atoms with Crippen molar-refractivity contribution in [2.75, 3.05) is 13.6 Å². The van der Waals surface area contributed by atoms with E-state index in [1.807, 2.05) is 11.4 Å². The molecule has 2 amide bonds. The second-order valence-electron chi connectivity index (χ2n) is 3.26. The molecule has 0 bridgehead atoms. The third-order valence-electron chi connectivity index (χ3n) is 1.91. The van der Waals surface area contributed by atoms with Crippen LogP contribution in [0.2, 0.25) is 0 Å². The topological polar surface area (TPSA) is 73.2 Å². The molecule has 0 aliphatic heterocycles. The number of carbonyl (C=O) groups is 2. The van der Waals surface area contributed by atoms with E-state index in [1.54, 1.807) is 13.1 Å². The van der Waals surface area contributed by atoms with Crippen LogP contribution < -0.4 is 5.32 Å². The fourth-order valence-electron chi connectivity index (χ4n) is 1.14. The Morgan fingerprint density at radius 1 is 1.65 bits per heavy atom. The number of nitrogens with zero attached hydrogens (tertiary/aromatic N) is 2. The van der Waals surface area contributed by atoms with E-state index < -0.39 is 11.8 Å². The summed E-state index contributed by atoms with van der Waals surface area (Å²) in [5.74, 6) is -1.41. The van der Waals surface area contributed by atoms with Gasteiger partial charge in [0, 0.05) is 13.6 Å². The highest BCUT2D eigenvalue weighted by Crippen LogP contribution is 2.21. The van der Waals surface area contributed by atoms with Crippen molar-refractivity contribution in [3.63, 3.8) is 0 Å². The van der Waals surface area contributed by atoms with Crippen molar-refractivity contribution >= 4 is 39.1 Å². The van der Waals surface area contributed by atoms with Crippen LogP contribution in [0.25, 0.3) is 0 Å². The molecule has 17 heavy (non-hydrogen) atoms. The summed E-state index contributed by atoms with van der Waals surface area (Å²) in [4.78, 5) is 24.1. The molecule has 0 fully saturated rings. The second kappa shape index (κ2) is 6.37. The van der Waals surface area contributed by atoms with Gasteiger partial charge in [0.1, 0.15) is 6.54 Å². The predicted octanol–water partition coefficient (Wildman–Crippen LogP) is 1.11. The number of halogens is 1. The Hall–Kier alpha value is -1.39. The molecule has 5 nitrogen and oxygen atoms in total. The van der Waals surface area contributed by atoms with Gasteiger partial charge in [-0.15, -0.1) is 11.3 Å². The zero-order chi connectivity index (χ0) is 12.8. The number of likely N-dealkylation sites (N-methyl/N-ethyl adjacent to an activating group) is 1. The Bertz CT molecular complexity index is 466. The lowest BCUT2D eigenvalue weighted by molar-refractivity contribution is -0.145. The van der Waals surface area contributed by atoms with Crippen LogP contribution in [0.1, 0.15) is 5.56 Å². The van der Waals surface area contributed by atoms with Crippen LogP contribution in [0.5, 0.6) is 0 Å². The number of thiophene rings is 1. The maximum Gasteiger partial charge on any atom is 0.311 e. The zero-order valence-electron chi connectivity index (χ0n) is 9.07. The maximum atomic E-state index is 11.6. The van der Waals surface area contributed by atoms with Gasteiger partial charge in [-0.05, 0) is 32.9 Å². The molecule has 7 heteroatoms. The van der Waals surface area contributed by atoms with E-state index in [0.717, 1.165) is 9.35 Å². The van der Waals surface area contributed by atoms with Crippen LogP contribution in [-0.4, -0.2) is 30.3 Å². The number of amides is 2. The van der Waals surface area contributed by atoms with Gasteiger partial charge in [-0.25, -0.2) is 0 Å². The fraction of sp³-hybridized carbons (Fsp3) is 0.300. The molecule has 0 radical (unpaired) electrons. The van der Waals surface area contributed by atoms with Crippen LogP contribution >= 0.6 is 27.3 Å². The molecule has 1 heterocycles. The minimum Gasteiger partial charge on any atom is -0.335 e. The number of nitriles is 1. The highest BCUT2D eigenvalue weighted by Gasteiger charge is 2.18. The number of carbonyl (C=O) groups excluding carboxylic acids is 2. The van der Waals surface area contributed by atoms with Crippen molar-refractivity contribution < 1.29 is 9.59 Å². The van der Waals surface area contributed by atoms with E-state index in [9.17, 15) is 9.59 Å². The van der Waals surface area contributed by atoms with E-state index in [4.69, 9.17) is 5.26 Å². The van der Waals surface area contributed by atoms with Gasteiger partial charge < -0.3 is 10.2 Å². The van der Waals surface area contributed by atoms with Gasteiger partial charge >= 0.3 is 11.8 Å². The third-order valence-corrected chi connectivity index (χ3v) is 3.46. The highest BCUT2D eigenvalue weighted by atomic mass is 79.9. The first-order valence-corrected chi connectivity index (χ1v) is 6.35. The molecule has 0 saturated carbocycles. The Kier molecular flexibility index (Phi) is 5.12. The summed E-state index contributed by atoms with van der Waals surface area (Å²) in [7, 11) is 1.54. The minimum absolute atomic E-state index is 0.164. The first-order valence-electron chi connectivity index (χ1n) is 4.67. The highest BCUT2D eigenvalue weighted by molar-refractivity contribution is 9.11. The lowest BCUT2D eigenvalue weighted by Gasteiger charge is -2.15. The van der Waals surface area contributed by atoms with Crippen LogP contribution in [0, 0.1) is 11.3 Å². The van der Waals surface area contributed by atoms with Crippen molar-refractivity contribution in [2.45, 2.75) is 6.54 Å². The van der Waals surface area contributed by atoms with Gasteiger partial charge in [0.15, 0.2) is 0 Å². The van der Waals surface area contributed by atoms with Gasteiger partial charge in [-0.2, -0.15) is 5.26 Å². The predicted molar refractivity (Wildman–Crippen MR) is 67.1 cm³/mol. The quantitative estimate of drug-likeness (QED) is 0.670. The lowest BCUT2D eigenvalue weighted by Crippen LogP contribution is -2.40. The average molecular weight is 316 g/mol. The molecular weight excluding hydrogens is 306 g/mol. The second-order valence-corrected chi connectivity index (χ2v) is 5.55. The molecule has 1 aromatic heterocycles. The fourth-order valence-corrected chi connectivity index (χ4v) is 2.34. The molecular formula is C10H10BrN3O2S. The molecule has 1 aromatic rings. The van der Waals surface area contributed by atoms with Crippen molar-refractivity contribution in [3.8, 4) is 6.07 Å². The summed E-state index contributed by atoms with van der Waals surface area (Å²) in [5.41, 5.74) is 0.950. The first-order chi connectivity index (χ1) is 8.04. The summed E-state index contributed by atoms with van der Waals surface area (Å²) in [6.07, 6.45) is 0. The molecule has 0 atom stereocenters. The Morgan fingerprint density at radius 3 is 2.88 bits per heavy atom. The normalized spacial score (nSPS) is 9.47. The molecule has 0 unspecified atom stereocenters. The van der Waals surface area contributed by atoms with E-state index >= 15 is 0 Å². The van der Waals surface area contributed by atoms with Crippen molar-refractivity contribution in [1.29, 1.82) is 5.26 Å². The van der Waals surface area contributed by atoms with Crippen molar-refractivity contribution in [2.24, 2.45) is 0 Å². The van der Waals surface area contributed by atoms with E-state index in [-0.39, 0.29) is 6.54 Å². The number of rotatable bonds is 3. The molecule has 0 aliphatic rings. The summed E-state index contributed by atoms with van der Waals surface area (Å²) >= 11 is 4.84. The Balaban J connectivity index is 2.53. The van der Waals surface area contributed by atoms with Crippen LogP contribution in [0.4, 0.5) is 0 Å². The van der Waals surface area contributed by atoms with Crippen molar-refractivity contribution in [1.82, 2.24) is 10.2 Å². The molecule has 0 aromatic carbocycles. The summed E-state index contributed by atoms with van der Waals surface area (Å²) in [6.45, 7) is 0.198. The van der Waals surface area contributed by atoms with Gasteiger partial charge in [0.05, 0.1) is 9.86 Å². The molecule has 1 rings (SSSR count). The van der Waals surface area contributed by atoms with E-state index in [0.29, 0.717) is 6.54 Å². The maximum absolute atomic E-state index is 11.6. The molecule has 0 saturated heterocycles. The number of hydrogen-bond donors (Lipinski definition) is 1. The minimum atomic E-state index is -0.761. The smallest absolute Gasteiger partial charge is 0.311 e. The third kappa shape index (κ3) is 4.17. The summed E-state index contributed by atoms with van der Waals surface area (Å²) in [6, 6.07) is 3.63. The number of nitrogens with one attached hydrogen (secondary N) is 1. The van der Waals surface area contributed by atoms with Crippen LogP contribution in [0.15, 0.2) is 15.2 Å². The number of hydrogen-bond acceptors (Lipinski definition) is 4. The zero-order valence-corrected chi connectivity index (χ0v) is 11.5. The Morgan fingerprint density at radius 2 is 2.35 bits per heavy atom. The van der Waals surface area contributed by atoms with Crippen LogP contribution in [-0.2, 0) is 16.1 Å². The van der Waals surface area contributed by atoms with Gasteiger partial charge in [-0.1, -0.05) is 0 Å². The van der Waals surface area contributed by atoms with E-state index in [1.165, 1.54) is 16.2 Å². The molecule has 0 aliphatic carbocycles.